The molecule has 74 valence electrons. The molecule has 14 heavy (non-hydrogen) atoms. The first-order valence-corrected chi connectivity index (χ1v) is 4.46. The summed E-state index contributed by atoms with van der Waals surface area (Å²) in [5.74, 6) is 8.08. The van der Waals surface area contributed by atoms with Gasteiger partial charge in [-0.1, -0.05) is 29.1 Å². The zero-order valence-corrected chi connectivity index (χ0v) is 8.69. The molecule has 0 fully saturated rings. The predicted octanol–water partition coefficient (Wildman–Crippen LogP) is 2.29. The van der Waals surface area contributed by atoms with Gasteiger partial charge in [0.25, 0.3) is 0 Å². The van der Waals surface area contributed by atoms with E-state index in [0.29, 0.717) is 21.5 Å². The molecule has 3 nitrogen and oxygen atoms in total. The van der Waals surface area contributed by atoms with Crippen molar-refractivity contribution in [2.75, 3.05) is 12.0 Å². The second-order valence-electron chi connectivity index (χ2n) is 2.40. The van der Waals surface area contributed by atoms with E-state index in [1.54, 1.807) is 12.1 Å². The summed E-state index contributed by atoms with van der Waals surface area (Å²) in [4.78, 5) is 0. The van der Waals surface area contributed by atoms with Crippen LogP contribution in [0.2, 0.25) is 10.0 Å². The Morgan fingerprint density at radius 1 is 1.50 bits per heavy atom. The molecule has 0 spiro atoms. The number of nitrogen functional groups attached to an aromatic ring is 1. The van der Waals surface area contributed by atoms with Crippen molar-refractivity contribution in [3.05, 3.63) is 22.2 Å². The van der Waals surface area contributed by atoms with Crippen molar-refractivity contribution >= 4 is 28.9 Å². The zero-order chi connectivity index (χ0) is 10.6. The van der Waals surface area contributed by atoms with Crippen LogP contribution in [-0.4, -0.2) is 6.61 Å². The highest BCUT2D eigenvalue weighted by atomic mass is 35.5. The summed E-state index contributed by atoms with van der Waals surface area (Å²) in [6, 6.07) is 3.19. The van der Waals surface area contributed by atoms with E-state index in [9.17, 15) is 0 Å². The third-order valence-corrected chi connectivity index (χ3v) is 2.28. The Kier molecular flexibility index (Phi) is 3.90. The molecular formula is C9H8Cl2N2O. The number of rotatable bonds is 3. The summed E-state index contributed by atoms with van der Waals surface area (Å²) in [6.07, 6.45) is 5.04. The first-order valence-electron chi connectivity index (χ1n) is 3.71. The molecule has 5 heteroatoms. The molecule has 0 heterocycles. The molecule has 1 aromatic rings. The van der Waals surface area contributed by atoms with Crippen molar-refractivity contribution in [2.45, 2.75) is 0 Å². The minimum atomic E-state index is 0.169. The SMILES string of the molecule is C#CCOc1cc(Cl)c(Cl)c(NN)c1. The average molecular weight is 231 g/mol. The molecule has 3 N–H and O–H groups in total. The quantitative estimate of drug-likeness (QED) is 0.476. The number of ether oxygens (including phenoxy) is 1. The first-order chi connectivity index (χ1) is 6.69. The summed E-state index contributed by atoms with van der Waals surface area (Å²) in [6.45, 7) is 0.169. The predicted molar refractivity (Wildman–Crippen MR) is 58.6 cm³/mol. The van der Waals surface area contributed by atoms with Gasteiger partial charge in [-0.2, -0.15) is 0 Å². The number of benzene rings is 1. The van der Waals surface area contributed by atoms with Gasteiger partial charge in [0.1, 0.15) is 12.4 Å². The maximum Gasteiger partial charge on any atom is 0.148 e. The normalized spacial score (nSPS) is 9.29. The molecule has 0 aliphatic heterocycles. The van der Waals surface area contributed by atoms with Gasteiger partial charge in [0.2, 0.25) is 0 Å². The van der Waals surface area contributed by atoms with Crippen LogP contribution in [0.1, 0.15) is 0 Å². The van der Waals surface area contributed by atoms with Crippen LogP contribution < -0.4 is 16.0 Å². The lowest BCUT2D eigenvalue weighted by Crippen LogP contribution is -2.07. The minimum Gasteiger partial charge on any atom is -0.481 e. The summed E-state index contributed by atoms with van der Waals surface area (Å²) < 4.78 is 5.16. The molecule has 0 aromatic heterocycles. The lowest BCUT2D eigenvalue weighted by molar-refractivity contribution is 0.370. The molecular weight excluding hydrogens is 223 g/mol. The number of anilines is 1. The summed E-state index contributed by atoms with van der Waals surface area (Å²) in [5.41, 5.74) is 2.90. The third kappa shape index (κ3) is 2.46. The van der Waals surface area contributed by atoms with Crippen LogP contribution >= 0.6 is 23.2 Å². The molecule has 0 radical (unpaired) electrons. The highest BCUT2D eigenvalue weighted by Crippen LogP contribution is 2.33. The molecule has 0 saturated carbocycles. The van der Waals surface area contributed by atoms with Gasteiger partial charge in [0.15, 0.2) is 0 Å². The standard InChI is InChI=1S/C9H8Cl2N2O/c1-2-3-14-6-4-7(10)9(11)8(5-6)13-12/h1,4-5,13H,3,12H2. The highest BCUT2D eigenvalue weighted by molar-refractivity contribution is 6.43. The van der Waals surface area contributed by atoms with Gasteiger partial charge in [-0.25, -0.2) is 0 Å². The van der Waals surface area contributed by atoms with Gasteiger partial charge < -0.3 is 10.2 Å². The van der Waals surface area contributed by atoms with Crippen LogP contribution in [-0.2, 0) is 0 Å². The van der Waals surface area contributed by atoms with Crippen molar-refractivity contribution in [1.29, 1.82) is 0 Å². The fraction of sp³-hybridized carbons (Fsp3) is 0.111. The molecule has 0 saturated heterocycles. The number of nitrogens with two attached hydrogens (primary N) is 1. The Morgan fingerprint density at radius 2 is 2.21 bits per heavy atom. The minimum absolute atomic E-state index is 0.169. The lowest BCUT2D eigenvalue weighted by Gasteiger charge is -2.08. The summed E-state index contributed by atoms with van der Waals surface area (Å²) in [5, 5.41) is 0.705. The summed E-state index contributed by atoms with van der Waals surface area (Å²) in [7, 11) is 0. The van der Waals surface area contributed by atoms with E-state index in [1.165, 1.54) is 0 Å². The number of terminal acetylenes is 1. The van der Waals surface area contributed by atoms with Gasteiger partial charge >= 0.3 is 0 Å². The molecule has 1 rings (SSSR count). The second-order valence-corrected chi connectivity index (χ2v) is 3.19. The Bertz CT molecular complexity index is 374. The smallest absolute Gasteiger partial charge is 0.148 e. The fourth-order valence-corrected chi connectivity index (χ4v) is 1.25. The average Bonchev–Trinajstić information content (AvgIpc) is 2.19. The number of halogens is 2. The van der Waals surface area contributed by atoms with Crippen molar-refractivity contribution in [3.63, 3.8) is 0 Å². The Morgan fingerprint density at radius 3 is 2.79 bits per heavy atom. The number of hydrazine groups is 1. The third-order valence-electron chi connectivity index (χ3n) is 1.48. The van der Waals surface area contributed by atoms with Gasteiger partial charge in [0, 0.05) is 12.1 Å². The van der Waals surface area contributed by atoms with Gasteiger partial charge in [-0.05, 0) is 0 Å². The first kappa shape index (κ1) is 11.0. The Labute approximate surface area is 92.1 Å². The fourth-order valence-electron chi connectivity index (χ4n) is 0.878. The van der Waals surface area contributed by atoms with Crippen LogP contribution in [0, 0.1) is 12.3 Å². The largest absolute Gasteiger partial charge is 0.481 e. The van der Waals surface area contributed by atoms with Crippen molar-refractivity contribution in [2.24, 2.45) is 5.84 Å². The number of hydrogen-bond acceptors (Lipinski definition) is 3. The van der Waals surface area contributed by atoms with E-state index in [-0.39, 0.29) is 6.61 Å². The van der Waals surface area contributed by atoms with E-state index < -0.39 is 0 Å². The number of hydrogen-bond donors (Lipinski definition) is 2. The molecule has 0 atom stereocenters. The highest BCUT2D eigenvalue weighted by Gasteiger charge is 2.06. The summed E-state index contributed by atoms with van der Waals surface area (Å²) >= 11 is 11.6. The van der Waals surface area contributed by atoms with Crippen molar-refractivity contribution in [3.8, 4) is 18.1 Å². The van der Waals surface area contributed by atoms with E-state index >= 15 is 0 Å². The van der Waals surface area contributed by atoms with Gasteiger partial charge in [-0.3, -0.25) is 5.84 Å². The topological polar surface area (TPSA) is 47.3 Å². The number of nitrogens with one attached hydrogen (secondary N) is 1. The van der Waals surface area contributed by atoms with Crippen LogP contribution in [0.15, 0.2) is 12.1 Å². The van der Waals surface area contributed by atoms with E-state index in [4.69, 9.17) is 40.2 Å². The van der Waals surface area contributed by atoms with Crippen LogP contribution in [0.4, 0.5) is 5.69 Å². The maximum absolute atomic E-state index is 5.83. The van der Waals surface area contributed by atoms with Gasteiger partial charge in [0.05, 0.1) is 15.7 Å². The van der Waals surface area contributed by atoms with Crippen LogP contribution in [0.25, 0.3) is 0 Å². The van der Waals surface area contributed by atoms with Crippen molar-refractivity contribution < 1.29 is 4.74 Å². The molecule has 0 bridgehead atoms. The Hall–Kier alpha value is -1.08. The molecule has 0 amide bonds. The van der Waals surface area contributed by atoms with Gasteiger partial charge in [-0.15, -0.1) is 6.42 Å². The van der Waals surface area contributed by atoms with E-state index in [0.717, 1.165) is 0 Å². The molecule has 1 aromatic carbocycles. The molecule has 0 unspecified atom stereocenters. The van der Waals surface area contributed by atoms with Crippen LogP contribution in [0.3, 0.4) is 0 Å². The monoisotopic (exact) mass is 230 g/mol. The Balaban J connectivity index is 2.98. The second kappa shape index (κ2) is 4.97. The molecule has 0 aliphatic rings. The maximum atomic E-state index is 5.83. The lowest BCUT2D eigenvalue weighted by atomic mass is 10.3. The van der Waals surface area contributed by atoms with Crippen molar-refractivity contribution in [1.82, 2.24) is 0 Å². The zero-order valence-electron chi connectivity index (χ0n) is 7.18. The molecule has 0 aliphatic carbocycles. The van der Waals surface area contributed by atoms with Crippen LogP contribution in [0.5, 0.6) is 5.75 Å². The van der Waals surface area contributed by atoms with E-state index in [1.807, 2.05) is 0 Å². The van der Waals surface area contributed by atoms with E-state index in [2.05, 4.69) is 11.3 Å².